The van der Waals surface area contributed by atoms with E-state index in [0.717, 1.165) is 18.7 Å². The molecule has 88 valence electrons. The number of methoxy groups -OCH3 is 1. The van der Waals surface area contributed by atoms with Gasteiger partial charge >= 0.3 is 0 Å². The van der Waals surface area contributed by atoms with Crippen LogP contribution in [0.2, 0.25) is 0 Å². The van der Waals surface area contributed by atoms with Crippen LogP contribution in [-0.4, -0.2) is 13.7 Å². The second-order valence-electron chi connectivity index (χ2n) is 4.70. The summed E-state index contributed by atoms with van der Waals surface area (Å²) in [5.74, 6) is 1.02. The van der Waals surface area contributed by atoms with Crippen LogP contribution < -0.4 is 10.1 Å². The standard InChI is InChI=1S/C14H21NO/c1-4-11-12(7-5-8-13(11)16-3)14(2)9-6-10-15-14/h5,7-8,15H,4,6,9-10H2,1-3H3. The van der Waals surface area contributed by atoms with E-state index in [-0.39, 0.29) is 5.54 Å². The Balaban J connectivity index is 2.47. The zero-order valence-electron chi connectivity index (χ0n) is 10.5. The topological polar surface area (TPSA) is 21.3 Å². The van der Waals surface area contributed by atoms with Crippen molar-refractivity contribution >= 4 is 0 Å². The Morgan fingerprint density at radius 2 is 2.25 bits per heavy atom. The number of benzene rings is 1. The van der Waals surface area contributed by atoms with Crippen LogP contribution in [0.5, 0.6) is 5.75 Å². The summed E-state index contributed by atoms with van der Waals surface area (Å²) in [4.78, 5) is 0. The largest absolute Gasteiger partial charge is 0.496 e. The maximum absolute atomic E-state index is 5.45. The summed E-state index contributed by atoms with van der Waals surface area (Å²) in [6.45, 7) is 5.62. The third kappa shape index (κ3) is 1.82. The van der Waals surface area contributed by atoms with Gasteiger partial charge in [0.1, 0.15) is 5.75 Å². The first-order valence-corrected chi connectivity index (χ1v) is 6.12. The molecule has 0 radical (unpaired) electrons. The third-order valence-corrected chi connectivity index (χ3v) is 3.67. The molecule has 2 heteroatoms. The number of hydrogen-bond acceptors (Lipinski definition) is 2. The highest BCUT2D eigenvalue weighted by atomic mass is 16.5. The Bertz CT molecular complexity index is 367. The molecule has 1 unspecified atom stereocenters. The maximum Gasteiger partial charge on any atom is 0.122 e. The number of hydrogen-bond donors (Lipinski definition) is 1. The van der Waals surface area contributed by atoms with E-state index in [0.29, 0.717) is 0 Å². The first-order valence-electron chi connectivity index (χ1n) is 6.12. The van der Waals surface area contributed by atoms with Crippen LogP contribution in [0.4, 0.5) is 0 Å². The molecule has 16 heavy (non-hydrogen) atoms. The molecule has 1 aliphatic rings. The SMILES string of the molecule is CCc1c(OC)cccc1C1(C)CCCN1. The minimum Gasteiger partial charge on any atom is -0.496 e. The van der Waals surface area contributed by atoms with Gasteiger partial charge in [0.2, 0.25) is 0 Å². The Labute approximate surface area is 98.0 Å². The highest BCUT2D eigenvalue weighted by Gasteiger charge is 2.32. The van der Waals surface area contributed by atoms with Crippen molar-refractivity contribution in [2.24, 2.45) is 0 Å². The van der Waals surface area contributed by atoms with Gasteiger partial charge in [0.25, 0.3) is 0 Å². The molecular formula is C14H21NO. The first kappa shape index (κ1) is 11.5. The third-order valence-electron chi connectivity index (χ3n) is 3.67. The molecule has 0 spiro atoms. The molecule has 1 saturated heterocycles. The molecular weight excluding hydrogens is 198 g/mol. The van der Waals surface area contributed by atoms with E-state index in [2.05, 4.69) is 37.4 Å². The van der Waals surface area contributed by atoms with E-state index in [9.17, 15) is 0 Å². The van der Waals surface area contributed by atoms with Gasteiger partial charge in [0.05, 0.1) is 7.11 Å². The molecule has 0 amide bonds. The molecule has 1 aromatic rings. The van der Waals surface area contributed by atoms with Crippen LogP contribution in [0, 0.1) is 0 Å². The Hall–Kier alpha value is -1.02. The highest BCUT2D eigenvalue weighted by Crippen LogP contribution is 2.36. The van der Waals surface area contributed by atoms with Crippen molar-refractivity contribution in [2.75, 3.05) is 13.7 Å². The summed E-state index contributed by atoms with van der Waals surface area (Å²) in [7, 11) is 1.75. The van der Waals surface area contributed by atoms with E-state index >= 15 is 0 Å². The molecule has 1 atom stereocenters. The summed E-state index contributed by atoms with van der Waals surface area (Å²) in [6, 6.07) is 6.39. The number of ether oxygens (including phenoxy) is 1. The average molecular weight is 219 g/mol. The van der Waals surface area contributed by atoms with Gasteiger partial charge in [0.15, 0.2) is 0 Å². The molecule has 0 aliphatic carbocycles. The molecule has 0 bridgehead atoms. The monoisotopic (exact) mass is 219 g/mol. The van der Waals surface area contributed by atoms with Crippen molar-refractivity contribution in [1.29, 1.82) is 0 Å². The zero-order valence-corrected chi connectivity index (χ0v) is 10.5. The van der Waals surface area contributed by atoms with Crippen molar-refractivity contribution in [1.82, 2.24) is 5.32 Å². The van der Waals surface area contributed by atoms with Crippen LogP contribution in [0.25, 0.3) is 0 Å². The van der Waals surface area contributed by atoms with Gasteiger partial charge in [-0.15, -0.1) is 0 Å². The number of nitrogens with one attached hydrogen (secondary N) is 1. The Kier molecular flexibility index (Phi) is 3.20. The van der Waals surface area contributed by atoms with Crippen LogP contribution >= 0.6 is 0 Å². The smallest absolute Gasteiger partial charge is 0.122 e. The van der Waals surface area contributed by atoms with Crippen LogP contribution in [0.3, 0.4) is 0 Å². The lowest BCUT2D eigenvalue weighted by molar-refractivity contribution is 0.397. The number of rotatable bonds is 3. The molecule has 2 nitrogen and oxygen atoms in total. The Morgan fingerprint density at radius 1 is 1.44 bits per heavy atom. The first-order chi connectivity index (χ1) is 7.71. The summed E-state index contributed by atoms with van der Waals surface area (Å²) in [6.07, 6.45) is 3.50. The van der Waals surface area contributed by atoms with Gasteiger partial charge in [-0.25, -0.2) is 0 Å². The van der Waals surface area contributed by atoms with E-state index < -0.39 is 0 Å². The molecule has 1 aliphatic heterocycles. The minimum atomic E-state index is 0.139. The molecule has 1 fully saturated rings. The fourth-order valence-corrected chi connectivity index (χ4v) is 2.76. The summed E-state index contributed by atoms with van der Waals surface area (Å²) in [5.41, 5.74) is 2.90. The molecule has 1 N–H and O–H groups in total. The predicted molar refractivity (Wildman–Crippen MR) is 67.0 cm³/mol. The van der Waals surface area contributed by atoms with Gasteiger partial charge in [0, 0.05) is 5.54 Å². The fraction of sp³-hybridized carbons (Fsp3) is 0.571. The van der Waals surface area contributed by atoms with Gasteiger partial charge in [-0.2, -0.15) is 0 Å². The van der Waals surface area contributed by atoms with Crippen LogP contribution in [0.1, 0.15) is 37.8 Å². The molecule has 1 aromatic carbocycles. The predicted octanol–water partition coefficient (Wildman–Crippen LogP) is 2.86. The van der Waals surface area contributed by atoms with Gasteiger partial charge in [-0.3, -0.25) is 0 Å². The van der Waals surface area contributed by atoms with Crippen molar-refractivity contribution in [3.8, 4) is 5.75 Å². The maximum atomic E-state index is 5.45. The van der Waals surface area contributed by atoms with E-state index in [1.165, 1.54) is 24.0 Å². The van der Waals surface area contributed by atoms with Crippen LogP contribution in [-0.2, 0) is 12.0 Å². The molecule has 1 heterocycles. The second-order valence-corrected chi connectivity index (χ2v) is 4.70. The summed E-state index contributed by atoms with van der Waals surface area (Å²) < 4.78 is 5.45. The van der Waals surface area contributed by atoms with Gasteiger partial charge < -0.3 is 10.1 Å². The lowest BCUT2D eigenvalue weighted by Gasteiger charge is -2.28. The van der Waals surface area contributed by atoms with E-state index in [4.69, 9.17) is 4.74 Å². The fourth-order valence-electron chi connectivity index (χ4n) is 2.76. The summed E-state index contributed by atoms with van der Waals surface area (Å²) >= 11 is 0. The van der Waals surface area contributed by atoms with Crippen molar-refractivity contribution in [3.63, 3.8) is 0 Å². The van der Waals surface area contributed by atoms with Gasteiger partial charge in [-0.05, 0) is 49.9 Å². The van der Waals surface area contributed by atoms with Crippen LogP contribution in [0.15, 0.2) is 18.2 Å². The lowest BCUT2D eigenvalue weighted by Crippen LogP contribution is -2.34. The van der Waals surface area contributed by atoms with Crippen molar-refractivity contribution < 1.29 is 4.74 Å². The van der Waals surface area contributed by atoms with Crippen molar-refractivity contribution in [2.45, 2.75) is 38.6 Å². The molecule has 2 rings (SSSR count). The average Bonchev–Trinajstić information content (AvgIpc) is 2.76. The van der Waals surface area contributed by atoms with Gasteiger partial charge in [-0.1, -0.05) is 19.1 Å². The zero-order chi connectivity index (χ0) is 11.6. The lowest BCUT2D eigenvalue weighted by atomic mass is 9.86. The second kappa shape index (κ2) is 4.46. The Morgan fingerprint density at radius 3 is 2.81 bits per heavy atom. The minimum absolute atomic E-state index is 0.139. The molecule has 0 saturated carbocycles. The van der Waals surface area contributed by atoms with E-state index in [1.807, 2.05) is 0 Å². The normalized spacial score (nSPS) is 24.7. The quantitative estimate of drug-likeness (QED) is 0.844. The highest BCUT2D eigenvalue weighted by molar-refractivity contribution is 5.44. The van der Waals surface area contributed by atoms with Crippen molar-refractivity contribution in [3.05, 3.63) is 29.3 Å². The van der Waals surface area contributed by atoms with E-state index in [1.54, 1.807) is 7.11 Å². The summed E-state index contributed by atoms with van der Waals surface area (Å²) in [5, 5.41) is 3.62. The molecule has 0 aromatic heterocycles.